The Morgan fingerprint density at radius 3 is 2.54 bits per heavy atom. The van der Waals surface area contributed by atoms with E-state index < -0.39 is 0 Å². The van der Waals surface area contributed by atoms with Gasteiger partial charge in [-0.3, -0.25) is 4.79 Å². The molecule has 144 valence electrons. The molecule has 3 rings (SSSR count). The van der Waals surface area contributed by atoms with Crippen LogP contribution < -0.4 is 20.1 Å². The molecular weight excluding hydrogens is 376 g/mol. The zero-order valence-corrected chi connectivity index (χ0v) is 16.2. The van der Waals surface area contributed by atoms with Gasteiger partial charge in [-0.15, -0.1) is 0 Å². The number of ether oxygens (including phenoxy) is 2. The lowest BCUT2D eigenvalue weighted by atomic mass is 10.2. The Morgan fingerprint density at radius 1 is 0.964 bits per heavy atom. The molecule has 0 atom stereocenters. The van der Waals surface area contributed by atoms with E-state index in [9.17, 15) is 4.79 Å². The highest BCUT2D eigenvalue weighted by atomic mass is 35.5. The number of hydrogen-bond acceptors (Lipinski definition) is 4. The lowest BCUT2D eigenvalue weighted by Gasteiger charge is -2.11. The van der Waals surface area contributed by atoms with Gasteiger partial charge in [0.1, 0.15) is 18.1 Å². The molecule has 3 aromatic rings. The number of carbonyl (C=O) groups is 1. The fourth-order valence-electron chi connectivity index (χ4n) is 2.57. The van der Waals surface area contributed by atoms with Crippen LogP contribution >= 0.6 is 11.6 Å². The number of rotatable bonds is 8. The van der Waals surface area contributed by atoms with Crippen LogP contribution in [-0.2, 0) is 11.4 Å². The number of anilines is 2. The van der Waals surface area contributed by atoms with Crippen LogP contribution in [0, 0.1) is 0 Å². The molecule has 1 amide bonds. The van der Waals surface area contributed by atoms with E-state index in [1.807, 2.05) is 54.6 Å². The summed E-state index contributed by atoms with van der Waals surface area (Å²) < 4.78 is 10.9. The standard InChI is InChI=1S/C22H21ClN2O3/c1-27-21-11-10-18(13-20(21)23)25-22(26)14-24-17-8-5-9-19(12-17)28-15-16-6-3-2-4-7-16/h2-13,24H,14-15H2,1H3,(H,25,26). The predicted octanol–water partition coefficient (Wildman–Crippen LogP) is 4.98. The molecule has 0 aliphatic heterocycles. The summed E-state index contributed by atoms with van der Waals surface area (Å²) in [4.78, 5) is 12.2. The molecule has 2 N–H and O–H groups in total. The summed E-state index contributed by atoms with van der Waals surface area (Å²) in [6.07, 6.45) is 0. The minimum absolute atomic E-state index is 0.117. The maximum atomic E-state index is 12.2. The average Bonchev–Trinajstić information content (AvgIpc) is 2.72. The largest absolute Gasteiger partial charge is 0.495 e. The van der Waals surface area contributed by atoms with Crippen LogP contribution in [0.2, 0.25) is 5.02 Å². The van der Waals surface area contributed by atoms with Crippen molar-refractivity contribution in [2.75, 3.05) is 24.3 Å². The van der Waals surface area contributed by atoms with Gasteiger partial charge in [-0.1, -0.05) is 48.0 Å². The average molecular weight is 397 g/mol. The number of hydrogen-bond donors (Lipinski definition) is 2. The molecule has 0 spiro atoms. The second-order valence-corrected chi connectivity index (χ2v) is 6.46. The molecule has 0 saturated heterocycles. The van der Waals surface area contributed by atoms with Crippen LogP contribution in [0.5, 0.6) is 11.5 Å². The third-order valence-electron chi connectivity index (χ3n) is 3.97. The Balaban J connectivity index is 1.51. The Kier molecular flexibility index (Phi) is 6.76. The SMILES string of the molecule is COc1ccc(NC(=O)CNc2cccc(OCc3ccccc3)c2)cc1Cl. The minimum Gasteiger partial charge on any atom is -0.495 e. The van der Waals surface area contributed by atoms with E-state index in [2.05, 4.69) is 10.6 Å². The van der Waals surface area contributed by atoms with Crippen LogP contribution in [0.15, 0.2) is 72.8 Å². The van der Waals surface area contributed by atoms with E-state index in [-0.39, 0.29) is 12.5 Å². The van der Waals surface area contributed by atoms with Crippen LogP contribution in [-0.4, -0.2) is 19.6 Å². The van der Waals surface area contributed by atoms with Gasteiger partial charge < -0.3 is 20.1 Å². The molecule has 3 aromatic carbocycles. The summed E-state index contributed by atoms with van der Waals surface area (Å²) >= 11 is 6.07. The third-order valence-corrected chi connectivity index (χ3v) is 4.27. The molecule has 0 heterocycles. The Morgan fingerprint density at radius 2 is 1.79 bits per heavy atom. The second-order valence-electron chi connectivity index (χ2n) is 6.05. The highest BCUT2D eigenvalue weighted by molar-refractivity contribution is 6.32. The third kappa shape index (κ3) is 5.66. The first-order valence-electron chi connectivity index (χ1n) is 8.78. The van der Waals surface area contributed by atoms with Gasteiger partial charge in [-0.05, 0) is 35.9 Å². The molecule has 0 saturated carbocycles. The van der Waals surface area contributed by atoms with Crippen molar-refractivity contribution in [3.05, 3.63) is 83.4 Å². The van der Waals surface area contributed by atoms with Crippen molar-refractivity contribution in [1.29, 1.82) is 0 Å². The summed E-state index contributed by atoms with van der Waals surface area (Å²) in [7, 11) is 1.54. The van der Waals surface area contributed by atoms with Crippen molar-refractivity contribution < 1.29 is 14.3 Å². The molecule has 0 radical (unpaired) electrons. The summed E-state index contributed by atoms with van der Waals surface area (Å²) in [5.74, 6) is 1.11. The Hall–Kier alpha value is -3.18. The maximum absolute atomic E-state index is 12.2. The Bertz CT molecular complexity index is 932. The first-order valence-corrected chi connectivity index (χ1v) is 9.16. The van der Waals surface area contributed by atoms with Gasteiger partial charge in [0, 0.05) is 17.4 Å². The van der Waals surface area contributed by atoms with E-state index in [0.717, 1.165) is 17.0 Å². The van der Waals surface area contributed by atoms with E-state index in [1.54, 1.807) is 25.3 Å². The summed E-state index contributed by atoms with van der Waals surface area (Å²) in [5, 5.41) is 6.32. The van der Waals surface area contributed by atoms with E-state index in [4.69, 9.17) is 21.1 Å². The van der Waals surface area contributed by atoms with Gasteiger partial charge in [0.05, 0.1) is 18.7 Å². The zero-order valence-electron chi connectivity index (χ0n) is 15.4. The van der Waals surface area contributed by atoms with Gasteiger partial charge >= 0.3 is 0 Å². The van der Waals surface area contributed by atoms with Gasteiger partial charge in [0.15, 0.2) is 0 Å². The molecule has 0 bridgehead atoms. The fraction of sp³-hybridized carbons (Fsp3) is 0.136. The Labute approximate surface area is 169 Å². The summed E-state index contributed by atoms with van der Waals surface area (Å²) in [5.41, 5.74) is 2.50. The minimum atomic E-state index is -0.183. The van der Waals surface area contributed by atoms with Crippen molar-refractivity contribution in [1.82, 2.24) is 0 Å². The molecule has 0 aliphatic carbocycles. The summed E-state index contributed by atoms with van der Waals surface area (Å²) in [6.45, 7) is 0.606. The highest BCUT2D eigenvalue weighted by Crippen LogP contribution is 2.27. The lowest BCUT2D eigenvalue weighted by molar-refractivity contribution is -0.114. The van der Waals surface area contributed by atoms with Gasteiger partial charge in [0.25, 0.3) is 0 Å². The van der Waals surface area contributed by atoms with Crippen molar-refractivity contribution >= 4 is 28.9 Å². The molecule has 0 aromatic heterocycles. The number of halogens is 1. The second kappa shape index (κ2) is 9.67. The quantitative estimate of drug-likeness (QED) is 0.563. The van der Waals surface area contributed by atoms with Crippen molar-refractivity contribution in [3.8, 4) is 11.5 Å². The molecule has 0 aliphatic rings. The van der Waals surface area contributed by atoms with E-state index in [1.165, 1.54) is 0 Å². The van der Waals surface area contributed by atoms with Gasteiger partial charge in [-0.2, -0.15) is 0 Å². The molecule has 28 heavy (non-hydrogen) atoms. The predicted molar refractivity (Wildman–Crippen MR) is 112 cm³/mol. The van der Waals surface area contributed by atoms with Crippen molar-refractivity contribution in [2.45, 2.75) is 6.61 Å². The smallest absolute Gasteiger partial charge is 0.243 e. The monoisotopic (exact) mass is 396 g/mol. The van der Waals surface area contributed by atoms with Crippen LogP contribution in [0.1, 0.15) is 5.56 Å². The van der Waals surface area contributed by atoms with E-state index in [0.29, 0.717) is 23.1 Å². The molecule has 5 nitrogen and oxygen atoms in total. The number of amides is 1. The topological polar surface area (TPSA) is 59.6 Å². The van der Waals surface area contributed by atoms with Crippen LogP contribution in [0.4, 0.5) is 11.4 Å². The highest BCUT2D eigenvalue weighted by Gasteiger charge is 2.06. The van der Waals surface area contributed by atoms with Crippen LogP contribution in [0.25, 0.3) is 0 Å². The first kappa shape index (κ1) is 19.6. The number of carbonyl (C=O) groups excluding carboxylic acids is 1. The van der Waals surface area contributed by atoms with E-state index >= 15 is 0 Å². The summed E-state index contributed by atoms with van der Waals surface area (Å²) in [6, 6.07) is 22.5. The van der Waals surface area contributed by atoms with Crippen molar-refractivity contribution in [3.63, 3.8) is 0 Å². The van der Waals surface area contributed by atoms with Gasteiger partial charge in [-0.25, -0.2) is 0 Å². The lowest BCUT2D eigenvalue weighted by Crippen LogP contribution is -2.21. The molecular formula is C22H21ClN2O3. The number of benzene rings is 3. The number of methoxy groups -OCH3 is 1. The van der Waals surface area contributed by atoms with Gasteiger partial charge in [0.2, 0.25) is 5.91 Å². The first-order chi connectivity index (χ1) is 13.6. The number of nitrogens with one attached hydrogen (secondary N) is 2. The van der Waals surface area contributed by atoms with Crippen molar-refractivity contribution in [2.24, 2.45) is 0 Å². The zero-order chi connectivity index (χ0) is 19.8. The van der Waals surface area contributed by atoms with Crippen LogP contribution in [0.3, 0.4) is 0 Å². The normalized spacial score (nSPS) is 10.2. The fourth-order valence-corrected chi connectivity index (χ4v) is 2.83. The maximum Gasteiger partial charge on any atom is 0.243 e. The molecule has 6 heteroatoms. The molecule has 0 fully saturated rings. The molecule has 0 unspecified atom stereocenters.